The molecule has 0 fully saturated rings. The first kappa shape index (κ1) is 12.9. The predicted molar refractivity (Wildman–Crippen MR) is 80.4 cm³/mol. The first-order chi connectivity index (χ1) is 9.76. The van der Waals surface area contributed by atoms with Crippen molar-refractivity contribution in [2.24, 2.45) is 0 Å². The molecule has 0 radical (unpaired) electrons. The number of fused-ring (bicyclic) bond motifs is 1. The molecule has 0 amide bonds. The Labute approximate surface area is 120 Å². The molecule has 0 aliphatic carbocycles. The number of nitrogens with zero attached hydrogens (tertiary/aromatic N) is 4. The van der Waals surface area contributed by atoms with Crippen LogP contribution < -0.4 is 4.57 Å². The van der Waals surface area contributed by atoms with E-state index in [1.165, 1.54) is 5.82 Å². The summed E-state index contributed by atoms with van der Waals surface area (Å²) in [4.78, 5) is 9.22. The van der Waals surface area contributed by atoms with Crippen molar-refractivity contribution < 1.29 is 4.57 Å². The lowest BCUT2D eigenvalue weighted by atomic mass is 10.3. The summed E-state index contributed by atoms with van der Waals surface area (Å²) in [5, 5.41) is 0. The third kappa shape index (κ3) is 1.92. The minimum atomic E-state index is 0.402. The topological polar surface area (TPSA) is 23.2 Å². The molecule has 1 atom stereocenters. The maximum atomic E-state index is 4.44. The fourth-order valence-corrected chi connectivity index (χ4v) is 2.92. The SMILES string of the molecule is CCN1C=C([n+]2ccnc3ccccc32)N(CC)C1C. The number of para-hydroxylation sites is 2. The zero-order chi connectivity index (χ0) is 14.1. The zero-order valence-electron chi connectivity index (χ0n) is 12.3. The second-order valence-corrected chi connectivity index (χ2v) is 5.02. The first-order valence-electron chi connectivity index (χ1n) is 7.26. The van der Waals surface area contributed by atoms with Gasteiger partial charge in [0.1, 0.15) is 11.7 Å². The van der Waals surface area contributed by atoms with Gasteiger partial charge in [-0.2, -0.15) is 4.57 Å². The Balaban J connectivity index is 2.15. The molecule has 0 spiro atoms. The Morgan fingerprint density at radius 2 is 2.00 bits per heavy atom. The van der Waals surface area contributed by atoms with Crippen LogP contribution >= 0.6 is 0 Å². The zero-order valence-corrected chi connectivity index (χ0v) is 12.3. The van der Waals surface area contributed by atoms with Crippen LogP contribution in [0.25, 0.3) is 16.9 Å². The van der Waals surface area contributed by atoms with Crippen LogP contribution in [0.5, 0.6) is 0 Å². The van der Waals surface area contributed by atoms with E-state index in [0.29, 0.717) is 6.17 Å². The summed E-state index contributed by atoms with van der Waals surface area (Å²) in [6.07, 6.45) is 6.57. The van der Waals surface area contributed by atoms with Gasteiger partial charge in [0.2, 0.25) is 0 Å². The van der Waals surface area contributed by atoms with Gasteiger partial charge < -0.3 is 4.90 Å². The Hall–Kier alpha value is -2.10. The van der Waals surface area contributed by atoms with Gasteiger partial charge in [-0.05, 0) is 32.9 Å². The molecule has 0 N–H and O–H groups in total. The van der Waals surface area contributed by atoms with E-state index in [9.17, 15) is 0 Å². The average Bonchev–Trinajstić information content (AvgIpc) is 2.82. The molecule has 104 valence electrons. The lowest BCUT2D eigenvalue weighted by molar-refractivity contribution is -0.564. The Bertz CT molecular complexity index is 644. The van der Waals surface area contributed by atoms with Gasteiger partial charge in [0.05, 0.1) is 18.9 Å². The fraction of sp³-hybridized carbons (Fsp3) is 0.375. The lowest BCUT2D eigenvalue weighted by Crippen LogP contribution is -2.44. The Morgan fingerprint density at radius 3 is 2.75 bits per heavy atom. The van der Waals surface area contributed by atoms with Crippen molar-refractivity contribution in [1.29, 1.82) is 0 Å². The van der Waals surface area contributed by atoms with Gasteiger partial charge in [0.15, 0.2) is 11.7 Å². The molecule has 4 heteroatoms. The van der Waals surface area contributed by atoms with Crippen molar-refractivity contribution in [3.63, 3.8) is 0 Å². The molecule has 1 aromatic carbocycles. The molecule has 1 aromatic heterocycles. The standard InChI is InChI=1S/C16H21N4/c1-4-18-12-16(19(5-2)13(18)3)20-11-10-17-14-8-6-7-9-15(14)20/h6-13H,4-5H2,1-3H3/q+1. The van der Waals surface area contributed by atoms with Crippen LogP contribution in [0.2, 0.25) is 0 Å². The molecule has 0 saturated heterocycles. The molecule has 2 heterocycles. The number of benzene rings is 1. The third-order valence-electron chi connectivity index (χ3n) is 4.03. The van der Waals surface area contributed by atoms with Crippen LogP contribution in [-0.2, 0) is 0 Å². The molecule has 2 aromatic rings. The maximum Gasteiger partial charge on any atom is 0.299 e. The van der Waals surface area contributed by atoms with Crippen molar-refractivity contribution in [2.45, 2.75) is 26.9 Å². The van der Waals surface area contributed by atoms with Crippen LogP contribution in [0.15, 0.2) is 42.9 Å². The molecule has 1 aliphatic rings. The first-order valence-corrected chi connectivity index (χ1v) is 7.26. The monoisotopic (exact) mass is 269 g/mol. The summed E-state index contributed by atoms with van der Waals surface area (Å²) in [6, 6.07) is 8.27. The van der Waals surface area contributed by atoms with Gasteiger partial charge in [-0.15, -0.1) is 0 Å². The third-order valence-corrected chi connectivity index (χ3v) is 4.03. The maximum absolute atomic E-state index is 4.44. The molecule has 4 nitrogen and oxygen atoms in total. The van der Waals surface area contributed by atoms with Crippen molar-refractivity contribution in [1.82, 2.24) is 14.8 Å². The van der Waals surface area contributed by atoms with Crippen molar-refractivity contribution >= 4 is 16.9 Å². The summed E-state index contributed by atoms with van der Waals surface area (Å²) in [7, 11) is 0. The number of hydrogen-bond donors (Lipinski definition) is 0. The van der Waals surface area contributed by atoms with Gasteiger partial charge in [0, 0.05) is 6.54 Å². The van der Waals surface area contributed by atoms with E-state index < -0.39 is 0 Å². The molecule has 1 unspecified atom stereocenters. The smallest absolute Gasteiger partial charge is 0.299 e. The largest absolute Gasteiger partial charge is 0.333 e. The summed E-state index contributed by atoms with van der Waals surface area (Å²) < 4.78 is 2.23. The quantitative estimate of drug-likeness (QED) is 0.799. The fourth-order valence-electron chi connectivity index (χ4n) is 2.92. The number of hydrogen-bond acceptors (Lipinski definition) is 3. The van der Waals surface area contributed by atoms with Gasteiger partial charge >= 0.3 is 0 Å². The summed E-state index contributed by atoms with van der Waals surface area (Å²) in [6.45, 7) is 8.66. The highest BCUT2D eigenvalue weighted by atomic mass is 15.4. The van der Waals surface area contributed by atoms with E-state index in [0.717, 1.165) is 24.1 Å². The van der Waals surface area contributed by atoms with E-state index in [2.05, 4.69) is 64.5 Å². The van der Waals surface area contributed by atoms with E-state index >= 15 is 0 Å². The van der Waals surface area contributed by atoms with Gasteiger partial charge in [-0.25, -0.2) is 9.88 Å². The van der Waals surface area contributed by atoms with Gasteiger partial charge in [-0.3, -0.25) is 0 Å². The summed E-state index contributed by atoms with van der Waals surface area (Å²) in [5.41, 5.74) is 2.17. The van der Waals surface area contributed by atoms with E-state index in [1.54, 1.807) is 0 Å². The van der Waals surface area contributed by atoms with Crippen molar-refractivity contribution in [2.75, 3.05) is 13.1 Å². The molecule has 20 heavy (non-hydrogen) atoms. The molecule has 0 saturated carbocycles. The molecular weight excluding hydrogens is 248 g/mol. The van der Waals surface area contributed by atoms with Crippen molar-refractivity contribution in [3.05, 3.63) is 42.9 Å². The molecule has 0 bridgehead atoms. The predicted octanol–water partition coefficient (Wildman–Crippen LogP) is 2.28. The summed E-state index contributed by atoms with van der Waals surface area (Å²) >= 11 is 0. The van der Waals surface area contributed by atoms with Crippen LogP contribution in [0.4, 0.5) is 0 Å². The normalized spacial score (nSPS) is 18.8. The second kappa shape index (κ2) is 5.12. The number of aromatic nitrogens is 2. The average molecular weight is 269 g/mol. The van der Waals surface area contributed by atoms with Gasteiger partial charge in [-0.1, -0.05) is 12.1 Å². The molecular formula is C16H21N4+. The highest BCUT2D eigenvalue weighted by Gasteiger charge is 2.35. The minimum Gasteiger partial charge on any atom is -0.333 e. The lowest BCUT2D eigenvalue weighted by Gasteiger charge is -2.23. The van der Waals surface area contributed by atoms with Crippen LogP contribution in [0, 0.1) is 0 Å². The molecule has 1 aliphatic heterocycles. The van der Waals surface area contributed by atoms with E-state index in [-0.39, 0.29) is 0 Å². The Morgan fingerprint density at radius 1 is 1.20 bits per heavy atom. The van der Waals surface area contributed by atoms with E-state index in [4.69, 9.17) is 0 Å². The highest BCUT2D eigenvalue weighted by Crippen LogP contribution is 2.22. The molecule has 3 rings (SSSR count). The van der Waals surface area contributed by atoms with Gasteiger partial charge in [0.25, 0.3) is 5.82 Å². The second-order valence-electron chi connectivity index (χ2n) is 5.02. The van der Waals surface area contributed by atoms with E-state index in [1.807, 2.05) is 18.5 Å². The van der Waals surface area contributed by atoms with Crippen LogP contribution in [0.3, 0.4) is 0 Å². The Kier molecular flexibility index (Phi) is 3.30. The minimum absolute atomic E-state index is 0.402. The number of rotatable bonds is 3. The van der Waals surface area contributed by atoms with Crippen molar-refractivity contribution in [3.8, 4) is 0 Å². The highest BCUT2D eigenvalue weighted by molar-refractivity contribution is 5.71. The van der Waals surface area contributed by atoms with Crippen LogP contribution in [-0.4, -0.2) is 34.0 Å². The van der Waals surface area contributed by atoms with Crippen LogP contribution in [0.1, 0.15) is 20.8 Å². The summed E-state index contributed by atoms with van der Waals surface area (Å²) in [5.74, 6) is 1.22.